The molecule has 4 aromatic rings. The van der Waals surface area contributed by atoms with Gasteiger partial charge < -0.3 is 24.6 Å². The molecule has 5 heterocycles. The fourth-order valence-electron chi connectivity index (χ4n) is 5.49. The van der Waals surface area contributed by atoms with Gasteiger partial charge in [-0.15, -0.1) is 0 Å². The number of nitrogens with zero attached hydrogens (tertiary/aromatic N) is 6. The molecule has 2 aliphatic heterocycles. The zero-order chi connectivity index (χ0) is 28.6. The van der Waals surface area contributed by atoms with Crippen molar-refractivity contribution in [3.05, 3.63) is 83.4 Å². The molecule has 11 nitrogen and oxygen atoms in total. The average molecular weight is 556 g/mol. The highest BCUT2D eigenvalue weighted by atomic mass is 16.5. The summed E-state index contributed by atoms with van der Waals surface area (Å²) in [5, 5.41) is 7.81. The Labute approximate surface area is 238 Å². The number of pyridine rings is 2. The molecule has 1 aromatic carbocycles. The highest BCUT2D eigenvalue weighted by Crippen LogP contribution is 2.31. The van der Waals surface area contributed by atoms with Crippen molar-refractivity contribution in [3.63, 3.8) is 0 Å². The van der Waals surface area contributed by atoms with Crippen LogP contribution in [0.15, 0.2) is 60.8 Å². The quantitative estimate of drug-likeness (QED) is 0.313. The summed E-state index contributed by atoms with van der Waals surface area (Å²) in [6.45, 7) is 7.03. The van der Waals surface area contributed by atoms with Crippen LogP contribution in [0.2, 0.25) is 0 Å². The molecule has 11 heteroatoms. The summed E-state index contributed by atoms with van der Waals surface area (Å²) in [6, 6.07) is 17.5. The Morgan fingerprint density at radius 2 is 1.90 bits per heavy atom. The lowest BCUT2D eigenvalue weighted by Crippen LogP contribution is -2.69. The van der Waals surface area contributed by atoms with Gasteiger partial charge in [-0.3, -0.25) is 0 Å². The molecule has 0 aliphatic carbocycles. The first-order valence-corrected chi connectivity index (χ1v) is 13.7. The van der Waals surface area contributed by atoms with Gasteiger partial charge in [-0.25, -0.2) is 24.1 Å². The van der Waals surface area contributed by atoms with Crippen LogP contribution in [0.3, 0.4) is 0 Å². The van der Waals surface area contributed by atoms with Crippen molar-refractivity contribution in [1.82, 2.24) is 29.8 Å². The minimum absolute atomic E-state index is 0.0934. The third kappa shape index (κ3) is 5.39. The SMILES string of the molecule is COC(=O)c1cccc(N2CC3(CN(CCc4nc5c(C)cc(OC[C@H](C)c6ccccc6)cn5n4)C(=O)N3)C2)n1. The number of aromatic nitrogens is 4. The van der Waals surface area contributed by atoms with Gasteiger partial charge in [0.2, 0.25) is 0 Å². The number of esters is 1. The number of aryl methyl sites for hydroxylation is 1. The van der Waals surface area contributed by atoms with Crippen LogP contribution in [-0.4, -0.2) is 81.9 Å². The molecular weight excluding hydrogens is 522 g/mol. The number of nitrogens with one attached hydrogen (secondary N) is 1. The van der Waals surface area contributed by atoms with E-state index >= 15 is 0 Å². The zero-order valence-electron chi connectivity index (χ0n) is 23.4. The van der Waals surface area contributed by atoms with Crippen LogP contribution in [0.4, 0.5) is 10.6 Å². The molecule has 6 rings (SSSR count). The first kappa shape index (κ1) is 26.5. The summed E-state index contributed by atoms with van der Waals surface area (Å²) in [4.78, 5) is 37.6. The van der Waals surface area contributed by atoms with Crippen molar-refractivity contribution in [2.45, 2.75) is 31.7 Å². The van der Waals surface area contributed by atoms with E-state index in [1.54, 1.807) is 16.6 Å². The normalized spacial score (nSPS) is 16.5. The maximum absolute atomic E-state index is 12.8. The van der Waals surface area contributed by atoms with Crippen molar-refractivity contribution in [2.24, 2.45) is 0 Å². The minimum atomic E-state index is -0.473. The van der Waals surface area contributed by atoms with Crippen molar-refractivity contribution < 1.29 is 19.1 Å². The van der Waals surface area contributed by atoms with E-state index in [2.05, 4.69) is 34.5 Å². The van der Waals surface area contributed by atoms with Crippen LogP contribution in [-0.2, 0) is 11.2 Å². The van der Waals surface area contributed by atoms with E-state index in [9.17, 15) is 9.59 Å². The van der Waals surface area contributed by atoms with Crippen molar-refractivity contribution >= 4 is 23.5 Å². The third-order valence-electron chi connectivity index (χ3n) is 7.70. The lowest BCUT2D eigenvalue weighted by Gasteiger charge is -2.47. The summed E-state index contributed by atoms with van der Waals surface area (Å²) >= 11 is 0. The van der Waals surface area contributed by atoms with Crippen molar-refractivity contribution in [1.29, 1.82) is 0 Å². The Kier molecular flexibility index (Phi) is 6.94. The molecule has 1 N–H and O–H groups in total. The Morgan fingerprint density at radius 1 is 1.10 bits per heavy atom. The summed E-state index contributed by atoms with van der Waals surface area (Å²) in [5.41, 5.74) is 2.92. The van der Waals surface area contributed by atoms with E-state index in [4.69, 9.17) is 14.5 Å². The predicted octanol–water partition coefficient (Wildman–Crippen LogP) is 3.23. The summed E-state index contributed by atoms with van der Waals surface area (Å²) < 4.78 is 12.6. The van der Waals surface area contributed by atoms with E-state index in [-0.39, 0.29) is 23.2 Å². The van der Waals surface area contributed by atoms with Crippen LogP contribution in [0.1, 0.15) is 40.3 Å². The van der Waals surface area contributed by atoms with Crippen molar-refractivity contribution in [2.75, 3.05) is 44.8 Å². The Bertz CT molecular complexity index is 1580. The van der Waals surface area contributed by atoms with Gasteiger partial charge in [-0.1, -0.05) is 43.3 Å². The van der Waals surface area contributed by atoms with Gasteiger partial charge in [0, 0.05) is 38.5 Å². The van der Waals surface area contributed by atoms with Crippen LogP contribution in [0.25, 0.3) is 5.65 Å². The molecule has 41 heavy (non-hydrogen) atoms. The largest absolute Gasteiger partial charge is 0.491 e. The number of carbonyl (C=O) groups excluding carboxylic acids is 2. The molecule has 0 saturated carbocycles. The fourth-order valence-corrected chi connectivity index (χ4v) is 5.49. The van der Waals surface area contributed by atoms with E-state index < -0.39 is 5.97 Å². The number of methoxy groups -OCH3 is 1. The maximum atomic E-state index is 12.8. The standard InChI is InChI=1S/C30H33N7O4/c1-20-14-23(41-16-21(2)22-8-5-4-6-9-22)15-37-27(20)32-25(34-37)12-13-35-17-30(33-29(35)39)18-36(19-30)26-11-7-10-24(31-26)28(38)40-3/h4-11,14-15,21H,12-13,16-19H2,1-3H3,(H,33,39)/t21-/m0/s1. The molecule has 0 radical (unpaired) electrons. The van der Waals surface area contributed by atoms with Crippen LogP contribution >= 0.6 is 0 Å². The van der Waals surface area contributed by atoms with Crippen LogP contribution < -0.4 is 15.0 Å². The van der Waals surface area contributed by atoms with Crippen molar-refractivity contribution in [3.8, 4) is 5.75 Å². The molecule has 2 saturated heterocycles. The maximum Gasteiger partial charge on any atom is 0.356 e. The molecular formula is C30H33N7O4. The Balaban J connectivity index is 1.05. The Morgan fingerprint density at radius 3 is 2.68 bits per heavy atom. The van der Waals surface area contributed by atoms with E-state index in [1.165, 1.54) is 12.7 Å². The summed E-state index contributed by atoms with van der Waals surface area (Å²) in [7, 11) is 1.33. The molecule has 2 aliphatic rings. The van der Waals surface area contributed by atoms with Gasteiger partial charge in [0.05, 0.1) is 25.5 Å². The molecule has 0 bridgehead atoms. The third-order valence-corrected chi connectivity index (χ3v) is 7.70. The number of ether oxygens (including phenoxy) is 2. The topological polar surface area (TPSA) is 114 Å². The molecule has 2 amide bonds. The number of carbonyl (C=O) groups is 2. The molecule has 1 spiro atoms. The number of hydrogen-bond donors (Lipinski definition) is 1. The summed E-state index contributed by atoms with van der Waals surface area (Å²) in [5.74, 6) is 1.90. The number of hydrogen-bond acceptors (Lipinski definition) is 8. The van der Waals surface area contributed by atoms with Gasteiger partial charge >= 0.3 is 12.0 Å². The van der Waals surface area contributed by atoms with Gasteiger partial charge in [0.25, 0.3) is 0 Å². The highest BCUT2D eigenvalue weighted by Gasteiger charge is 2.51. The fraction of sp³-hybridized carbons (Fsp3) is 0.367. The molecule has 3 aromatic heterocycles. The molecule has 0 unspecified atom stereocenters. The zero-order valence-corrected chi connectivity index (χ0v) is 23.4. The van der Waals surface area contributed by atoms with Gasteiger partial charge in [-0.2, -0.15) is 5.10 Å². The lowest BCUT2D eigenvalue weighted by atomic mass is 9.90. The molecule has 212 valence electrons. The Hall–Kier alpha value is -4.67. The average Bonchev–Trinajstić information content (AvgIpc) is 3.55. The number of amides is 2. The smallest absolute Gasteiger partial charge is 0.356 e. The highest BCUT2D eigenvalue weighted by molar-refractivity contribution is 5.87. The molecule has 1 atom stereocenters. The van der Waals surface area contributed by atoms with Crippen LogP contribution in [0, 0.1) is 6.92 Å². The van der Waals surface area contributed by atoms with Crippen LogP contribution in [0.5, 0.6) is 5.75 Å². The lowest BCUT2D eigenvalue weighted by molar-refractivity contribution is 0.0594. The number of benzene rings is 1. The van der Waals surface area contributed by atoms with Gasteiger partial charge in [-0.05, 0) is 36.2 Å². The summed E-state index contributed by atoms with van der Waals surface area (Å²) in [6.07, 6.45) is 2.40. The number of rotatable bonds is 9. The van der Waals surface area contributed by atoms with Gasteiger partial charge in [0.1, 0.15) is 11.6 Å². The number of anilines is 1. The first-order chi connectivity index (χ1) is 19.8. The second kappa shape index (κ2) is 10.7. The number of fused-ring (bicyclic) bond motifs is 1. The van der Waals surface area contributed by atoms with E-state index in [0.717, 1.165) is 17.0 Å². The van der Waals surface area contributed by atoms with Gasteiger partial charge in [0.15, 0.2) is 17.2 Å². The predicted molar refractivity (Wildman–Crippen MR) is 152 cm³/mol. The molecule has 2 fully saturated rings. The second-order valence-corrected chi connectivity index (χ2v) is 10.9. The first-order valence-electron chi connectivity index (χ1n) is 13.7. The monoisotopic (exact) mass is 555 g/mol. The second-order valence-electron chi connectivity index (χ2n) is 10.9. The minimum Gasteiger partial charge on any atom is -0.491 e. The van der Waals surface area contributed by atoms with E-state index in [1.807, 2.05) is 53.3 Å². The number of urea groups is 1. The van der Waals surface area contributed by atoms with E-state index in [0.29, 0.717) is 50.8 Å².